The smallest absolute Gasteiger partial charge is 0.266 e. The molecule has 1 aliphatic heterocycles. The minimum Gasteiger partial charge on any atom is -0.308 e. The molecule has 3 aromatic carbocycles. The second-order valence-electron chi connectivity index (χ2n) is 7.91. The highest BCUT2D eigenvalue weighted by atomic mass is 35.5. The largest absolute Gasteiger partial charge is 0.308 e. The van der Waals surface area contributed by atoms with Crippen LogP contribution < -0.4 is 10.5 Å². The summed E-state index contributed by atoms with van der Waals surface area (Å²) in [4.78, 5) is 33.2. The summed E-state index contributed by atoms with van der Waals surface area (Å²) in [5, 5.41) is 1.93. The van der Waals surface area contributed by atoms with E-state index in [-0.39, 0.29) is 23.3 Å². The molecule has 0 fully saturated rings. The molecule has 0 saturated heterocycles. The maximum atomic E-state index is 13.4. The van der Waals surface area contributed by atoms with Crippen LogP contribution >= 0.6 is 35.0 Å². The maximum absolute atomic E-state index is 13.4. The van der Waals surface area contributed by atoms with Gasteiger partial charge in [-0.3, -0.25) is 14.2 Å². The van der Waals surface area contributed by atoms with Crippen LogP contribution in [-0.2, 0) is 11.2 Å². The Kier molecular flexibility index (Phi) is 5.91. The molecule has 1 amide bonds. The summed E-state index contributed by atoms with van der Waals surface area (Å²) in [6.45, 7) is 2.04. The van der Waals surface area contributed by atoms with E-state index >= 15 is 0 Å². The second kappa shape index (κ2) is 8.86. The van der Waals surface area contributed by atoms with Crippen LogP contribution in [0.1, 0.15) is 12.5 Å². The Hall–Kier alpha value is -2.80. The van der Waals surface area contributed by atoms with Gasteiger partial charge in [-0.2, -0.15) is 0 Å². The van der Waals surface area contributed by atoms with Crippen molar-refractivity contribution in [2.45, 2.75) is 24.5 Å². The number of thioether (sulfide) groups is 1. The highest BCUT2D eigenvalue weighted by molar-refractivity contribution is 7.99. The zero-order valence-electron chi connectivity index (χ0n) is 17.7. The van der Waals surface area contributed by atoms with Gasteiger partial charge in [0.15, 0.2) is 5.16 Å². The van der Waals surface area contributed by atoms with E-state index in [9.17, 15) is 9.59 Å². The lowest BCUT2D eigenvalue weighted by atomic mass is 10.1. The van der Waals surface area contributed by atoms with Gasteiger partial charge < -0.3 is 4.90 Å². The standard InChI is InChI=1S/C25H19Cl2N3O2S/c1-15-12-16-4-2-3-5-22(16)29(15)23(31)14-33-25-28-21-13-18(27)8-11-20(21)24(32)30(25)19-9-6-17(26)7-10-19/h2-11,13,15H,12,14H2,1H3. The van der Waals surface area contributed by atoms with E-state index in [1.807, 2.05) is 30.0 Å². The summed E-state index contributed by atoms with van der Waals surface area (Å²) in [7, 11) is 0. The molecule has 2 heterocycles. The van der Waals surface area contributed by atoms with Crippen molar-refractivity contribution in [1.82, 2.24) is 9.55 Å². The van der Waals surface area contributed by atoms with E-state index in [4.69, 9.17) is 28.2 Å². The first-order valence-electron chi connectivity index (χ1n) is 10.4. The molecular weight excluding hydrogens is 477 g/mol. The van der Waals surface area contributed by atoms with E-state index in [1.54, 1.807) is 42.5 Å². The van der Waals surface area contributed by atoms with Crippen molar-refractivity contribution in [3.05, 3.63) is 92.7 Å². The third kappa shape index (κ3) is 4.14. The lowest BCUT2D eigenvalue weighted by Crippen LogP contribution is -2.37. The number of hydrogen-bond donors (Lipinski definition) is 0. The van der Waals surface area contributed by atoms with Gasteiger partial charge in [-0.15, -0.1) is 0 Å². The molecular formula is C25H19Cl2N3O2S. The zero-order valence-corrected chi connectivity index (χ0v) is 20.0. The number of nitrogens with zero attached hydrogens (tertiary/aromatic N) is 3. The number of para-hydroxylation sites is 1. The maximum Gasteiger partial charge on any atom is 0.266 e. The first-order valence-corrected chi connectivity index (χ1v) is 12.2. The number of benzene rings is 3. The topological polar surface area (TPSA) is 55.2 Å². The lowest BCUT2D eigenvalue weighted by molar-refractivity contribution is -0.116. The third-order valence-corrected chi connectivity index (χ3v) is 7.10. The first-order chi connectivity index (χ1) is 15.9. The summed E-state index contributed by atoms with van der Waals surface area (Å²) in [5.41, 5.74) is 3.01. The van der Waals surface area contributed by atoms with Gasteiger partial charge >= 0.3 is 0 Å². The van der Waals surface area contributed by atoms with Crippen LogP contribution in [0, 0.1) is 0 Å². The highest BCUT2D eigenvalue weighted by Gasteiger charge is 2.30. The molecule has 33 heavy (non-hydrogen) atoms. The number of carbonyl (C=O) groups is 1. The molecule has 8 heteroatoms. The SMILES string of the molecule is CC1Cc2ccccc2N1C(=O)CSc1nc2cc(Cl)ccc2c(=O)n1-c1ccc(Cl)cc1. The summed E-state index contributed by atoms with van der Waals surface area (Å²) in [5.74, 6) is 0.116. The van der Waals surface area contributed by atoms with Crippen LogP contribution in [0.15, 0.2) is 76.7 Å². The van der Waals surface area contributed by atoms with E-state index in [0.717, 1.165) is 12.1 Å². The molecule has 5 rings (SSSR count). The van der Waals surface area contributed by atoms with Crippen molar-refractivity contribution < 1.29 is 4.79 Å². The fourth-order valence-electron chi connectivity index (χ4n) is 4.19. The first kappa shape index (κ1) is 22.0. The van der Waals surface area contributed by atoms with Gasteiger partial charge in [-0.05, 0) is 67.4 Å². The van der Waals surface area contributed by atoms with Crippen molar-refractivity contribution in [3.8, 4) is 5.69 Å². The monoisotopic (exact) mass is 495 g/mol. The number of halogens is 2. The van der Waals surface area contributed by atoms with Gasteiger partial charge in [0.05, 0.1) is 22.3 Å². The number of aromatic nitrogens is 2. The molecule has 166 valence electrons. The van der Waals surface area contributed by atoms with Crippen LogP contribution in [0.3, 0.4) is 0 Å². The van der Waals surface area contributed by atoms with Gasteiger partial charge in [-0.1, -0.05) is 53.2 Å². The van der Waals surface area contributed by atoms with Crippen molar-refractivity contribution in [2.75, 3.05) is 10.7 Å². The Morgan fingerprint density at radius 2 is 1.79 bits per heavy atom. The molecule has 0 N–H and O–H groups in total. The summed E-state index contributed by atoms with van der Waals surface area (Å²) in [6.07, 6.45) is 0.828. The Labute approximate surface area is 205 Å². The quantitative estimate of drug-likeness (QED) is 0.266. The molecule has 0 saturated carbocycles. The Morgan fingerprint density at radius 3 is 2.58 bits per heavy atom. The van der Waals surface area contributed by atoms with Crippen molar-refractivity contribution >= 4 is 57.5 Å². The molecule has 1 aliphatic rings. The van der Waals surface area contributed by atoms with Crippen molar-refractivity contribution in [2.24, 2.45) is 0 Å². The van der Waals surface area contributed by atoms with Crippen molar-refractivity contribution in [1.29, 1.82) is 0 Å². The van der Waals surface area contributed by atoms with E-state index in [1.165, 1.54) is 21.9 Å². The number of anilines is 1. The fourth-order valence-corrected chi connectivity index (χ4v) is 5.36. The van der Waals surface area contributed by atoms with Crippen LogP contribution in [0.25, 0.3) is 16.6 Å². The fraction of sp³-hybridized carbons (Fsp3) is 0.160. The Balaban J connectivity index is 1.53. The van der Waals surface area contributed by atoms with Gasteiger partial charge in [-0.25, -0.2) is 4.98 Å². The number of fused-ring (bicyclic) bond motifs is 2. The van der Waals surface area contributed by atoms with E-state index in [2.05, 4.69) is 6.07 Å². The summed E-state index contributed by atoms with van der Waals surface area (Å²) < 4.78 is 1.52. The number of rotatable bonds is 4. The zero-order chi connectivity index (χ0) is 23.1. The van der Waals surface area contributed by atoms with Crippen LogP contribution in [0.5, 0.6) is 0 Å². The molecule has 1 aromatic heterocycles. The molecule has 5 nitrogen and oxygen atoms in total. The van der Waals surface area contributed by atoms with Crippen LogP contribution in [0.4, 0.5) is 5.69 Å². The lowest BCUT2D eigenvalue weighted by Gasteiger charge is -2.23. The van der Waals surface area contributed by atoms with Gasteiger partial charge in [0.2, 0.25) is 5.91 Å². The highest BCUT2D eigenvalue weighted by Crippen LogP contribution is 2.33. The predicted molar refractivity (Wildman–Crippen MR) is 135 cm³/mol. The molecule has 0 bridgehead atoms. The molecule has 0 radical (unpaired) electrons. The van der Waals surface area contributed by atoms with Crippen LogP contribution in [0.2, 0.25) is 10.0 Å². The van der Waals surface area contributed by atoms with Crippen LogP contribution in [-0.4, -0.2) is 27.3 Å². The Bertz CT molecular complexity index is 1440. The third-order valence-electron chi connectivity index (χ3n) is 5.69. The molecule has 0 aliphatic carbocycles. The normalized spacial score (nSPS) is 15.1. The van der Waals surface area contributed by atoms with Crippen molar-refractivity contribution in [3.63, 3.8) is 0 Å². The number of hydrogen-bond acceptors (Lipinski definition) is 4. The minimum absolute atomic E-state index is 0.0273. The van der Waals surface area contributed by atoms with E-state index in [0.29, 0.717) is 31.8 Å². The number of amides is 1. The Morgan fingerprint density at radius 1 is 1.06 bits per heavy atom. The molecule has 1 atom stereocenters. The molecule has 0 spiro atoms. The minimum atomic E-state index is -0.228. The predicted octanol–water partition coefficient (Wildman–Crippen LogP) is 5.76. The summed E-state index contributed by atoms with van der Waals surface area (Å²) in [6, 6.07) is 20.0. The van der Waals surface area contributed by atoms with Gasteiger partial charge in [0.1, 0.15) is 0 Å². The summed E-state index contributed by atoms with van der Waals surface area (Å²) >= 11 is 13.4. The molecule has 4 aromatic rings. The van der Waals surface area contributed by atoms with Gasteiger partial charge in [0.25, 0.3) is 5.56 Å². The second-order valence-corrected chi connectivity index (χ2v) is 9.72. The van der Waals surface area contributed by atoms with E-state index < -0.39 is 0 Å². The average molecular weight is 496 g/mol. The number of carbonyl (C=O) groups excluding carboxylic acids is 1. The molecule has 1 unspecified atom stereocenters. The average Bonchev–Trinajstić information content (AvgIpc) is 3.14. The van der Waals surface area contributed by atoms with Gasteiger partial charge in [0, 0.05) is 21.8 Å².